The Bertz CT molecular complexity index is 998. The van der Waals surface area contributed by atoms with Crippen LogP contribution < -0.4 is 15.0 Å². The molecule has 3 fully saturated rings. The molecule has 2 aromatic rings. The molecule has 0 radical (unpaired) electrons. The molecule has 0 spiro atoms. The van der Waals surface area contributed by atoms with Gasteiger partial charge in [0.25, 0.3) is 0 Å². The highest BCUT2D eigenvalue weighted by atomic mass is 35.5. The van der Waals surface area contributed by atoms with Gasteiger partial charge in [0.1, 0.15) is 11.9 Å². The van der Waals surface area contributed by atoms with Gasteiger partial charge < -0.3 is 19.9 Å². The lowest BCUT2D eigenvalue weighted by Crippen LogP contribution is -2.39. The summed E-state index contributed by atoms with van der Waals surface area (Å²) in [4.78, 5) is 8.48. The third-order valence-electron chi connectivity index (χ3n) is 8.08. The molecule has 1 N–H and O–H groups in total. The first-order valence-electron chi connectivity index (χ1n) is 13.3. The van der Waals surface area contributed by atoms with Gasteiger partial charge in [-0.1, -0.05) is 29.8 Å². The standard InChI is InChI=1S/C29H37ClN4O/c1-31-29-7-4-25(20-28(29)30)34-18-12-27(13-19-34)35-26-5-2-23(3-6-26)24-10-16-33(17-11-24)21-22-8-14-32-15-9-22/h2-7,20,22,24,27,32H,8-19,21H2. The van der Waals surface area contributed by atoms with Crippen LogP contribution in [0.3, 0.4) is 0 Å². The van der Waals surface area contributed by atoms with Gasteiger partial charge in [0.2, 0.25) is 5.69 Å². The van der Waals surface area contributed by atoms with Gasteiger partial charge in [0.05, 0.1) is 6.57 Å². The molecular formula is C29H37ClN4O. The summed E-state index contributed by atoms with van der Waals surface area (Å²) in [6.45, 7) is 15.2. The van der Waals surface area contributed by atoms with Crippen LogP contribution in [0.2, 0.25) is 5.02 Å². The van der Waals surface area contributed by atoms with Crippen molar-refractivity contribution < 1.29 is 4.74 Å². The van der Waals surface area contributed by atoms with E-state index in [1.807, 2.05) is 18.2 Å². The van der Waals surface area contributed by atoms with E-state index in [0.717, 1.165) is 43.3 Å². The largest absolute Gasteiger partial charge is 0.490 e. The van der Waals surface area contributed by atoms with Crippen molar-refractivity contribution in [3.05, 3.63) is 64.5 Å². The molecule has 35 heavy (non-hydrogen) atoms. The topological polar surface area (TPSA) is 32.1 Å². The summed E-state index contributed by atoms with van der Waals surface area (Å²) in [5.74, 6) is 2.55. The number of hydrogen-bond donors (Lipinski definition) is 1. The average molecular weight is 493 g/mol. The Labute approximate surface area is 215 Å². The third kappa shape index (κ3) is 6.30. The molecule has 3 aliphatic rings. The molecule has 0 unspecified atom stereocenters. The molecule has 3 aliphatic heterocycles. The van der Waals surface area contributed by atoms with Crippen molar-refractivity contribution in [1.82, 2.24) is 10.2 Å². The van der Waals surface area contributed by atoms with Gasteiger partial charge in [0.15, 0.2) is 0 Å². The maximum atomic E-state index is 7.16. The van der Waals surface area contributed by atoms with Crippen LogP contribution >= 0.6 is 11.6 Å². The minimum absolute atomic E-state index is 0.244. The minimum atomic E-state index is 0.244. The third-order valence-corrected chi connectivity index (χ3v) is 8.38. The molecule has 0 bridgehead atoms. The Morgan fingerprint density at radius 2 is 1.63 bits per heavy atom. The molecule has 0 aliphatic carbocycles. The van der Waals surface area contributed by atoms with Gasteiger partial charge in [-0.15, -0.1) is 0 Å². The van der Waals surface area contributed by atoms with E-state index in [1.54, 1.807) is 0 Å². The zero-order chi connectivity index (χ0) is 24.0. The first-order chi connectivity index (χ1) is 17.2. The minimum Gasteiger partial charge on any atom is -0.490 e. The van der Waals surface area contributed by atoms with Crippen LogP contribution in [0.1, 0.15) is 50.0 Å². The van der Waals surface area contributed by atoms with Crippen LogP contribution in [-0.4, -0.2) is 56.8 Å². The highest BCUT2D eigenvalue weighted by Crippen LogP contribution is 2.33. The second-order valence-corrected chi connectivity index (χ2v) is 10.8. The second kappa shape index (κ2) is 11.6. The molecule has 5 nitrogen and oxygen atoms in total. The Balaban J connectivity index is 1.06. The van der Waals surface area contributed by atoms with Gasteiger partial charge in [-0.05, 0) is 93.5 Å². The molecule has 6 heteroatoms. The van der Waals surface area contributed by atoms with Crippen molar-refractivity contribution in [2.45, 2.75) is 50.5 Å². The molecular weight excluding hydrogens is 456 g/mol. The summed E-state index contributed by atoms with van der Waals surface area (Å²) in [5, 5.41) is 4.01. The molecule has 2 aromatic carbocycles. The van der Waals surface area contributed by atoms with E-state index in [9.17, 15) is 0 Å². The number of benzene rings is 2. The fourth-order valence-electron chi connectivity index (χ4n) is 5.90. The van der Waals surface area contributed by atoms with Crippen LogP contribution in [0.25, 0.3) is 4.85 Å². The van der Waals surface area contributed by atoms with Crippen LogP contribution in [-0.2, 0) is 0 Å². The van der Waals surface area contributed by atoms with E-state index in [4.69, 9.17) is 22.9 Å². The SMILES string of the molecule is [C-]#[N+]c1ccc(N2CCC(Oc3ccc(C4CCN(CC5CCNCC5)CC4)cc3)CC2)cc1Cl. The number of rotatable bonds is 6. The van der Waals surface area contributed by atoms with Crippen LogP contribution in [0.4, 0.5) is 11.4 Å². The highest BCUT2D eigenvalue weighted by molar-refractivity contribution is 6.33. The average Bonchev–Trinajstić information content (AvgIpc) is 2.91. The van der Waals surface area contributed by atoms with E-state index in [2.05, 4.69) is 44.2 Å². The van der Waals surface area contributed by atoms with Gasteiger partial charge >= 0.3 is 0 Å². The predicted octanol–water partition coefficient (Wildman–Crippen LogP) is 6.12. The number of anilines is 1. The Morgan fingerprint density at radius 1 is 0.914 bits per heavy atom. The van der Waals surface area contributed by atoms with Gasteiger partial charge in [0, 0.05) is 43.2 Å². The van der Waals surface area contributed by atoms with Crippen LogP contribution in [0, 0.1) is 12.5 Å². The number of ether oxygens (including phenoxy) is 1. The van der Waals surface area contributed by atoms with Gasteiger partial charge in [-0.2, -0.15) is 0 Å². The second-order valence-electron chi connectivity index (χ2n) is 10.4. The van der Waals surface area contributed by atoms with Crippen molar-refractivity contribution in [3.63, 3.8) is 0 Å². The molecule has 0 aromatic heterocycles. The highest BCUT2D eigenvalue weighted by Gasteiger charge is 2.24. The van der Waals surface area contributed by atoms with E-state index in [0.29, 0.717) is 16.6 Å². The maximum absolute atomic E-state index is 7.16. The fraction of sp³-hybridized carbons (Fsp3) is 0.552. The van der Waals surface area contributed by atoms with Crippen molar-refractivity contribution in [1.29, 1.82) is 0 Å². The lowest BCUT2D eigenvalue weighted by Gasteiger charge is -2.35. The van der Waals surface area contributed by atoms with Crippen LogP contribution in [0.5, 0.6) is 5.75 Å². The molecule has 0 atom stereocenters. The lowest BCUT2D eigenvalue weighted by atomic mass is 9.88. The number of nitrogens with zero attached hydrogens (tertiary/aromatic N) is 3. The molecule has 3 heterocycles. The first kappa shape index (κ1) is 24.4. The van der Waals surface area contributed by atoms with Crippen LogP contribution in [0.15, 0.2) is 42.5 Å². The number of hydrogen-bond acceptors (Lipinski definition) is 4. The predicted molar refractivity (Wildman–Crippen MR) is 144 cm³/mol. The zero-order valence-corrected chi connectivity index (χ0v) is 21.3. The quantitative estimate of drug-likeness (QED) is 0.492. The summed E-state index contributed by atoms with van der Waals surface area (Å²) in [7, 11) is 0. The van der Waals surface area contributed by atoms with Gasteiger partial charge in [-0.25, -0.2) is 4.85 Å². The van der Waals surface area contributed by atoms with Crippen molar-refractivity contribution in [2.75, 3.05) is 50.7 Å². The summed E-state index contributed by atoms with van der Waals surface area (Å²) in [6.07, 6.45) is 7.43. The molecule has 5 rings (SSSR count). The number of nitrogens with one attached hydrogen (secondary N) is 1. The van der Waals surface area contributed by atoms with Crippen molar-refractivity contribution in [2.24, 2.45) is 5.92 Å². The van der Waals surface area contributed by atoms with E-state index in [-0.39, 0.29) is 6.10 Å². The number of likely N-dealkylation sites (tertiary alicyclic amines) is 1. The zero-order valence-electron chi connectivity index (χ0n) is 20.6. The Hall–Kier alpha value is -2.26. The van der Waals surface area contributed by atoms with E-state index < -0.39 is 0 Å². The summed E-state index contributed by atoms with van der Waals surface area (Å²) < 4.78 is 6.34. The monoisotopic (exact) mass is 492 g/mol. The Morgan fingerprint density at radius 3 is 2.29 bits per heavy atom. The molecule has 186 valence electrons. The van der Waals surface area contributed by atoms with Crippen molar-refractivity contribution in [3.8, 4) is 5.75 Å². The number of halogens is 1. The fourth-order valence-corrected chi connectivity index (χ4v) is 6.12. The van der Waals surface area contributed by atoms with E-state index in [1.165, 1.54) is 64.0 Å². The lowest BCUT2D eigenvalue weighted by molar-refractivity contribution is 0.166. The van der Waals surface area contributed by atoms with Gasteiger partial charge in [-0.3, -0.25) is 0 Å². The van der Waals surface area contributed by atoms with E-state index >= 15 is 0 Å². The number of piperidine rings is 3. The summed E-state index contributed by atoms with van der Waals surface area (Å²) in [6, 6.07) is 14.6. The molecule has 3 saturated heterocycles. The maximum Gasteiger partial charge on any atom is 0.205 e. The normalized spacial score (nSPS) is 21.1. The summed E-state index contributed by atoms with van der Waals surface area (Å²) in [5.41, 5.74) is 3.07. The molecule has 0 amide bonds. The smallest absolute Gasteiger partial charge is 0.205 e. The first-order valence-corrected chi connectivity index (χ1v) is 13.7. The molecule has 0 saturated carbocycles. The Kier molecular flexibility index (Phi) is 8.13. The van der Waals surface area contributed by atoms with Crippen molar-refractivity contribution >= 4 is 23.0 Å². The summed E-state index contributed by atoms with van der Waals surface area (Å²) >= 11 is 6.23.